The Labute approximate surface area is 164 Å². The third-order valence-electron chi connectivity index (χ3n) is 4.77. The average molecular weight is 454 g/mol. The van der Waals surface area contributed by atoms with Crippen LogP contribution in [0.3, 0.4) is 0 Å². The molecule has 0 aromatic carbocycles. The van der Waals surface area contributed by atoms with Gasteiger partial charge in [0.2, 0.25) is 5.91 Å². The van der Waals surface area contributed by atoms with E-state index in [9.17, 15) is 4.79 Å². The number of guanidine groups is 1. The predicted octanol–water partition coefficient (Wildman–Crippen LogP) is 2.28. The second kappa shape index (κ2) is 12.7. The van der Waals surface area contributed by atoms with Crippen LogP contribution in [0.1, 0.15) is 52.4 Å². The number of aliphatic imine (C=N–C) groups is 1. The molecule has 3 N–H and O–H groups in total. The molecule has 1 fully saturated rings. The molecule has 1 amide bonds. The van der Waals surface area contributed by atoms with Crippen molar-refractivity contribution < 1.29 is 9.53 Å². The molecule has 0 aliphatic heterocycles. The van der Waals surface area contributed by atoms with E-state index in [1.54, 1.807) is 14.2 Å². The first-order valence-electron chi connectivity index (χ1n) is 8.78. The average Bonchev–Trinajstić information content (AvgIpc) is 2.51. The molecule has 24 heavy (non-hydrogen) atoms. The standard InChI is InChI=1S/C17H34N4O2.HI/c1-5-14(2)21-15(22)7-11-19-16(18-3)20-13-17(8-6-9-17)10-12-23-4;/h14H,5-13H2,1-4H3,(H,21,22)(H2,18,19,20);1H. The van der Waals surface area contributed by atoms with Gasteiger partial charge in [-0.05, 0) is 38.0 Å². The van der Waals surface area contributed by atoms with Gasteiger partial charge in [0.1, 0.15) is 0 Å². The molecule has 1 unspecified atom stereocenters. The van der Waals surface area contributed by atoms with Crippen LogP contribution in [0, 0.1) is 5.41 Å². The van der Waals surface area contributed by atoms with Gasteiger partial charge in [-0.15, -0.1) is 24.0 Å². The molecule has 1 aliphatic rings. The molecule has 1 atom stereocenters. The van der Waals surface area contributed by atoms with Crippen molar-refractivity contribution in [1.29, 1.82) is 0 Å². The summed E-state index contributed by atoms with van der Waals surface area (Å²) in [6.45, 7) is 6.39. The summed E-state index contributed by atoms with van der Waals surface area (Å²) in [5.74, 6) is 0.850. The van der Waals surface area contributed by atoms with Crippen molar-refractivity contribution in [3.63, 3.8) is 0 Å². The highest BCUT2D eigenvalue weighted by Gasteiger charge is 2.36. The SMILES string of the molecule is CCC(C)NC(=O)CCNC(=NC)NCC1(CCOC)CCC1.I. The quantitative estimate of drug-likeness (QED) is 0.269. The van der Waals surface area contributed by atoms with Gasteiger partial charge in [0.25, 0.3) is 0 Å². The number of carbonyl (C=O) groups is 1. The maximum Gasteiger partial charge on any atom is 0.221 e. The van der Waals surface area contributed by atoms with E-state index in [1.807, 2.05) is 6.92 Å². The van der Waals surface area contributed by atoms with Crippen LogP contribution in [0.4, 0.5) is 0 Å². The summed E-state index contributed by atoms with van der Waals surface area (Å²) >= 11 is 0. The fraction of sp³-hybridized carbons (Fsp3) is 0.882. The van der Waals surface area contributed by atoms with Crippen LogP contribution in [0.5, 0.6) is 0 Å². The van der Waals surface area contributed by atoms with Crippen molar-refractivity contribution in [3.05, 3.63) is 0 Å². The van der Waals surface area contributed by atoms with Gasteiger partial charge in [-0.1, -0.05) is 13.3 Å². The maximum atomic E-state index is 11.7. The van der Waals surface area contributed by atoms with Crippen LogP contribution in [0.25, 0.3) is 0 Å². The Bertz CT molecular complexity index is 387. The number of nitrogens with zero attached hydrogens (tertiary/aromatic N) is 1. The number of amides is 1. The van der Waals surface area contributed by atoms with Crippen molar-refractivity contribution in [1.82, 2.24) is 16.0 Å². The molecule has 0 radical (unpaired) electrons. The zero-order chi connectivity index (χ0) is 17.1. The highest BCUT2D eigenvalue weighted by atomic mass is 127. The molecule has 0 aromatic rings. The number of methoxy groups -OCH3 is 1. The first-order chi connectivity index (χ1) is 11.0. The van der Waals surface area contributed by atoms with Crippen LogP contribution < -0.4 is 16.0 Å². The maximum absolute atomic E-state index is 11.7. The van der Waals surface area contributed by atoms with E-state index in [4.69, 9.17) is 4.74 Å². The zero-order valence-corrected chi connectivity index (χ0v) is 17.9. The summed E-state index contributed by atoms with van der Waals surface area (Å²) < 4.78 is 5.22. The Morgan fingerprint density at radius 3 is 2.54 bits per heavy atom. The largest absolute Gasteiger partial charge is 0.385 e. The molecule has 1 aliphatic carbocycles. The third-order valence-corrected chi connectivity index (χ3v) is 4.77. The van der Waals surface area contributed by atoms with E-state index in [2.05, 4.69) is 27.9 Å². The minimum absolute atomic E-state index is 0. The molecule has 142 valence electrons. The number of ether oxygens (including phenoxy) is 1. The summed E-state index contributed by atoms with van der Waals surface area (Å²) in [6, 6.07) is 0.235. The molecule has 0 bridgehead atoms. The summed E-state index contributed by atoms with van der Waals surface area (Å²) in [7, 11) is 3.52. The van der Waals surface area contributed by atoms with Gasteiger partial charge in [0, 0.05) is 46.3 Å². The molecule has 0 saturated heterocycles. The second-order valence-electron chi connectivity index (χ2n) is 6.58. The number of hydrogen-bond acceptors (Lipinski definition) is 3. The van der Waals surface area contributed by atoms with Gasteiger partial charge < -0.3 is 20.7 Å². The van der Waals surface area contributed by atoms with Gasteiger partial charge in [0.05, 0.1) is 0 Å². The van der Waals surface area contributed by atoms with Crippen molar-refractivity contribution in [2.24, 2.45) is 10.4 Å². The molecular weight excluding hydrogens is 419 g/mol. The Morgan fingerprint density at radius 2 is 2.04 bits per heavy atom. The van der Waals surface area contributed by atoms with Crippen molar-refractivity contribution in [2.75, 3.05) is 33.9 Å². The third kappa shape index (κ3) is 8.50. The molecule has 1 rings (SSSR count). The van der Waals surface area contributed by atoms with Crippen molar-refractivity contribution >= 4 is 35.8 Å². The van der Waals surface area contributed by atoms with E-state index in [0.717, 1.165) is 32.0 Å². The lowest BCUT2D eigenvalue weighted by atomic mass is 9.67. The first kappa shape index (κ1) is 23.4. The molecule has 0 heterocycles. The van der Waals surface area contributed by atoms with Crippen LogP contribution >= 0.6 is 24.0 Å². The van der Waals surface area contributed by atoms with E-state index in [-0.39, 0.29) is 35.9 Å². The van der Waals surface area contributed by atoms with E-state index in [0.29, 0.717) is 18.4 Å². The number of nitrogens with one attached hydrogen (secondary N) is 3. The fourth-order valence-electron chi connectivity index (χ4n) is 2.75. The Hall–Kier alpha value is -0.570. The van der Waals surface area contributed by atoms with E-state index >= 15 is 0 Å². The van der Waals surface area contributed by atoms with Gasteiger partial charge in [-0.25, -0.2) is 0 Å². The smallest absolute Gasteiger partial charge is 0.221 e. The van der Waals surface area contributed by atoms with Crippen LogP contribution in [0.2, 0.25) is 0 Å². The molecular formula is C17H35IN4O2. The van der Waals surface area contributed by atoms with Gasteiger partial charge in [-0.2, -0.15) is 0 Å². The van der Waals surface area contributed by atoms with Gasteiger partial charge in [0.15, 0.2) is 5.96 Å². The van der Waals surface area contributed by atoms with Crippen LogP contribution in [0.15, 0.2) is 4.99 Å². The Morgan fingerprint density at radius 1 is 1.33 bits per heavy atom. The van der Waals surface area contributed by atoms with Crippen molar-refractivity contribution in [3.8, 4) is 0 Å². The highest BCUT2D eigenvalue weighted by Crippen LogP contribution is 2.43. The Kier molecular flexibility index (Phi) is 12.4. The molecule has 0 spiro atoms. The van der Waals surface area contributed by atoms with Crippen LogP contribution in [-0.2, 0) is 9.53 Å². The lowest BCUT2D eigenvalue weighted by Gasteiger charge is -2.42. The van der Waals surface area contributed by atoms with E-state index < -0.39 is 0 Å². The lowest BCUT2D eigenvalue weighted by Crippen LogP contribution is -2.47. The van der Waals surface area contributed by atoms with Gasteiger partial charge in [-0.3, -0.25) is 9.79 Å². The van der Waals surface area contributed by atoms with E-state index in [1.165, 1.54) is 19.3 Å². The zero-order valence-electron chi connectivity index (χ0n) is 15.6. The predicted molar refractivity (Wildman–Crippen MR) is 110 cm³/mol. The topological polar surface area (TPSA) is 74.8 Å². The summed E-state index contributed by atoms with van der Waals surface area (Å²) in [4.78, 5) is 16.0. The summed E-state index contributed by atoms with van der Waals surface area (Å²) in [6.07, 6.45) is 6.29. The molecule has 0 aromatic heterocycles. The first-order valence-corrected chi connectivity index (χ1v) is 8.78. The lowest BCUT2D eigenvalue weighted by molar-refractivity contribution is -0.121. The minimum Gasteiger partial charge on any atom is -0.385 e. The summed E-state index contributed by atoms with van der Waals surface area (Å²) in [5.41, 5.74) is 0.349. The normalized spacial score (nSPS) is 17.2. The number of rotatable bonds is 10. The van der Waals surface area contributed by atoms with Crippen LogP contribution in [-0.4, -0.2) is 51.8 Å². The summed E-state index contributed by atoms with van der Waals surface area (Å²) in [5, 5.41) is 9.58. The van der Waals surface area contributed by atoms with Crippen molar-refractivity contribution in [2.45, 2.75) is 58.4 Å². The Balaban J connectivity index is 0.00000529. The molecule has 1 saturated carbocycles. The number of carbonyl (C=O) groups excluding carboxylic acids is 1. The molecule has 6 nitrogen and oxygen atoms in total. The monoisotopic (exact) mass is 454 g/mol. The second-order valence-corrected chi connectivity index (χ2v) is 6.58. The number of halogens is 1. The minimum atomic E-state index is 0. The highest BCUT2D eigenvalue weighted by molar-refractivity contribution is 14.0. The van der Waals surface area contributed by atoms with Gasteiger partial charge >= 0.3 is 0 Å². The molecule has 7 heteroatoms. The number of hydrogen-bond donors (Lipinski definition) is 3. The fourth-order valence-corrected chi connectivity index (χ4v) is 2.75.